The SMILES string of the molecule is C1=C2C(=CC3CC13)C(c1ccccc1)(c1ccccc1)c1ccccc12. The summed E-state index contributed by atoms with van der Waals surface area (Å²) in [6.45, 7) is 0. The van der Waals surface area contributed by atoms with Crippen LogP contribution in [0.15, 0.2) is 103 Å². The highest BCUT2D eigenvalue weighted by atomic mass is 14.5. The first kappa shape index (κ1) is 14.3. The maximum Gasteiger partial charge on any atom is 0.0710 e. The summed E-state index contributed by atoms with van der Waals surface area (Å²) in [4.78, 5) is 0. The van der Waals surface area contributed by atoms with E-state index in [2.05, 4.69) is 97.1 Å². The lowest BCUT2D eigenvalue weighted by Crippen LogP contribution is -2.29. The minimum atomic E-state index is -0.196. The quantitative estimate of drug-likeness (QED) is 0.540. The first-order valence-electron chi connectivity index (χ1n) is 9.54. The Labute approximate surface area is 154 Å². The molecule has 1 fully saturated rings. The normalized spacial score (nSPS) is 24.0. The van der Waals surface area contributed by atoms with Crippen LogP contribution in [0.2, 0.25) is 0 Å². The monoisotopic (exact) mass is 332 g/mol. The van der Waals surface area contributed by atoms with Crippen molar-refractivity contribution in [2.24, 2.45) is 11.8 Å². The van der Waals surface area contributed by atoms with Crippen LogP contribution in [-0.4, -0.2) is 0 Å². The first-order chi connectivity index (χ1) is 12.9. The molecule has 0 amide bonds. The van der Waals surface area contributed by atoms with Crippen molar-refractivity contribution < 1.29 is 0 Å². The molecule has 124 valence electrons. The minimum absolute atomic E-state index is 0.196. The molecule has 0 nitrogen and oxygen atoms in total. The predicted molar refractivity (Wildman–Crippen MR) is 107 cm³/mol. The fourth-order valence-electron chi connectivity index (χ4n) is 5.14. The molecule has 3 aromatic carbocycles. The van der Waals surface area contributed by atoms with Gasteiger partial charge in [-0.2, -0.15) is 0 Å². The van der Waals surface area contributed by atoms with Crippen LogP contribution in [0.1, 0.15) is 28.7 Å². The average Bonchev–Trinajstić information content (AvgIpc) is 3.42. The van der Waals surface area contributed by atoms with Crippen molar-refractivity contribution in [1.82, 2.24) is 0 Å². The Morgan fingerprint density at radius 3 is 1.88 bits per heavy atom. The van der Waals surface area contributed by atoms with Crippen LogP contribution in [0.4, 0.5) is 0 Å². The third kappa shape index (κ3) is 1.74. The summed E-state index contributed by atoms with van der Waals surface area (Å²) in [6, 6.07) is 31.1. The average molecular weight is 332 g/mol. The van der Waals surface area contributed by atoms with Crippen molar-refractivity contribution in [3.63, 3.8) is 0 Å². The molecule has 0 radical (unpaired) electrons. The number of benzene rings is 3. The number of rotatable bonds is 2. The number of hydrogen-bond acceptors (Lipinski definition) is 0. The Morgan fingerprint density at radius 2 is 1.19 bits per heavy atom. The molecule has 3 aliphatic rings. The fraction of sp³-hybridized carbons (Fsp3) is 0.154. The summed E-state index contributed by atoms with van der Waals surface area (Å²) >= 11 is 0. The molecule has 0 spiro atoms. The zero-order chi connectivity index (χ0) is 17.1. The molecule has 0 heterocycles. The number of hydrogen-bond donors (Lipinski definition) is 0. The van der Waals surface area contributed by atoms with E-state index in [4.69, 9.17) is 0 Å². The van der Waals surface area contributed by atoms with Gasteiger partial charge in [-0.05, 0) is 51.7 Å². The Morgan fingerprint density at radius 1 is 0.615 bits per heavy atom. The van der Waals surface area contributed by atoms with Crippen molar-refractivity contribution in [2.75, 3.05) is 0 Å². The molecule has 6 rings (SSSR count). The fourth-order valence-corrected chi connectivity index (χ4v) is 5.14. The maximum absolute atomic E-state index is 2.58. The highest BCUT2D eigenvalue weighted by molar-refractivity contribution is 5.95. The van der Waals surface area contributed by atoms with Gasteiger partial charge in [-0.3, -0.25) is 0 Å². The third-order valence-corrected chi connectivity index (χ3v) is 6.38. The summed E-state index contributed by atoms with van der Waals surface area (Å²) in [5.74, 6) is 1.49. The summed E-state index contributed by atoms with van der Waals surface area (Å²) in [5, 5.41) is 0. The van der Waals surface area contributed by atoms with Gasteiger partial charge in [0.2, 0.25) is 0 Å². The molecule has 2 atom stereocenters. The van der Waals surface area contributed by atoms with Crippen molar-refractivity contribution in [2.45, 2.75) is 11.8 Å². The second-order valence-electron chi connectivity index (χ2n) is 7.75. The van der Waals surface area contributed by atoms with Gasteiger partial charge in [0.05, 0.1) is 5.41 Å². The van der Waals surface area contributed by atoms with E-state index < -0.39 is 0 Å². The topological polar surface area (TPSA) is 0 Å². The molecule has 26 heavy (non-hydrogen) atoms. The highest BCUT2D eigenvalue weighted by Crippen LogP contribution is 2.62. The van der Waals surface area contributed by atoms with E-state index in [1.807, 2.05) is 0 Å². The van der Waals surface area contributed by atoms with Crippen molar-refractivity contribution in [3.8, 4) is 0 Å². The summed E-state index contributed by atoms with van der Waals surface area (Å²) in [7, 11) is 0. The van der Waals surface area contributed by atoms with Gasteiger partial charge in [-0.15, -0.1) is 0 Å². The zero-order valence-electron chi connectivity index (χ0n) is 14.6. The van der Waals surface area contributed by atoms with Crippen LogP contribution in [0.3, 0.4) is 0 Å². The van der Waals surface area contributed by atoms with Gasteiger partial charge in [-0.25, -0.2) is 0 Å². The Hall–Kier alpha value is -2.86. The third-order valence-electron chi connectivity index (χ3n) is 6.38. The van der Waals surface area contributed by atoms with E-state index in [-0.39, 0.29) is 5.41 Å². The second kappa shape index (κ2) is 5.08. The maximum atomic E-state index is 2.58. The summed E-state index contributed by atoms with van der Waals surface area (Å²) < 4.78 is 0. The Balaban J connectivity index is 1.77. The Bertz CT molecular complexity index is 1010. The van der Waals surface area contributed by atoms with Crippen molar-refractivity contribution in [3.05, 3.63) is 125 Å². The van der Waals surface area contributed by atoms with Gasteiger partial charge in [0.15, 0.2) is 0 Å². The van der Waals surface area contributed by atoms with E-state index >= 15 is 0 Å². The van der Waals surface area contributed by atoms with E-state index in [0.29, 0.717) is 0 Å². The number of allylic oxidation sites excluding steroid dienone is 4. The van der Waals surface area contributed by atoms with Crippen LogP contribution < -0.4 is 0 Å². The van der Waals surface area contributed by atoms with Crippen molar-refractivity contribution >= 4 is 5.57 Å². The minimum Gasteiger partial charge on any atom is -0.0754 e. The molecule has 3 aromatic rings. The van der Waals surface area contributed by atoms with Gasteiger partial charge in [-0.1, -0.05) is 97.1 Å². The van der Waals surface area contributed by atoms with Crippen LogP contribution in [0, 0.1) is 11.8 Å². The molecular weight excluding hydrogens is 312 g/mol. The van der Waals surface area contributed by atoms with E-state index in [9.17, 15) is 0 Å². The van der Waals surface area contributed by atoms with Gasteiger partial charge in [0.1, 0.15) is 0 Å². The van der Waals surface area contributed by atoms with E-state index in [1.165, 1.54) is 39.8 Å². The molecule has 0 bridgehead atoms. The number of fused-ring (bicyclic) bond motifs is 4. The zero-order valence-corrected chi connectivity index (χ0v) is 14.6. The predicted octanol–water partition coefficient (Wildman–Crippen LogP) is 5.99. The lowest BCUT2D eigenvalue weighted by molar-refractivity contribution is 0.755. The molecule has 0 N–H and O–H groups in total. The standard InChI is InChI=1S/C26H20/c1-3-9-20(10-4-1)26(21-11-5-2-6-12-21)24-14-8-7-13-22(24)23-16-18-15-19(18)17-25(23)26/h1-14,16-19H,15H2. The van der Waals surface area contributed by atoms with Crippen LogP contribution >= 0.6 is 0 Å². The molecule has 3 aliphatic carbocycles. The lowest BCUT2D eigenvalue weighted by Gasteiger charge is -2.34. The van der Waals surface area contributed by atoms with Gasteiger partial charge in [0, 0.05) is 0 Å². The molecule has 0 aliphatic heterocycles. The summed E-state index contributed by atoms with van der Waals surface area (Å²) in [5.41, 5.74) is 8.34. The van der Waals surface area contributed by atoms with Crippen LogP contribution in [0.5, 0.6) is 0 Å². The second-order valence-corrected chi connectivity index (χ2v) is 7.75. The van der Waals surface area contributed by atoms with Gasteiger partial charge in [0.25, 0.3) is 0 Å². The van der Waals surface area contributed by atoms with Crippen molar-refractivity contribution in [1.29, 1.82) is 0 Å². The van der Waals surface area contributed by atoms with E-state index in [1.54, 1.807) is 0 Å². The molecule has 1 saturated carbocycles. The lowest BCUT2D eigenvalue weighted by atomic mass is 9.67. The Kier molecular flexibility index (Phi) is 2.80. The summed E-state index contributed by atoms with van der Waals surface area (Å²) in [6.07, 6.45) is 6.45. The smallest absolute Gasteiger partial charge is 0.0710 e. The molecule has 0 saturated heterocycles. The molecular formula is C26H20. The molecule has 2 unspecified atom stereocenters. The highest BCUT2D eigenvalue weighted by Gasteiger charge is 2.51. The molecule has 0 heteroatoms. The van der Waals surface area contributed by atoms with E-state index in [0.717, 1.165) is 11.8 Å². The van der Waals surface area contributed by atoms with Gasteiger partial charge < -0.3 is 0 Å². The van der Waals surface area contributed by atoms with Crippen LogP contribution in [0.25, 0.3) is 5.57 Å². The van der Waals surface area contributed by atoms with Gasteiger partial charge >= 0.3 is 0 Å². The first-order valence-corrected chi connectivity index (χ1v) is 9.54. The largest absolute Gasteiger partial charge is 0.0754 e. The van der Waals surface area contributed by atoms with Crippen LogP contribution in [-0.2, 0) is 5.41 Å². The molecule has 0 aromatic heterocycles.